The summed E-state index contributed by atoms with van der Waals surface area (Å²) in [6.07, 6.45) is 1.07. The summed E-state index contributed by atoms with van der Waals surface area (Å²) in [5, 5.41) is 12.4. The van der Waals surface area contributed by atoms with Crippen molar-refractivity contribution in [3.63, 3.8) is 0 Å². The highest BCUT2D eigenvalue weighted by molar-refractivity contribution is 5.92. The predicted octanol–water partition coefficient (Wildman–Crippen LogP) is 4.88. The number of carboxylic acid groups (broad SMARTS) is 1. The number of benzene rings is 3. The number of fused-ring (bicyclic) bond motifs is 3. The van der Waals surface area contributed by atoms with E-state index >= 15 is 0 Å². The lowest BCUT2D eigenvalue weighted by atomic mass is 9.98. The molecule has 218 valence electrons. The molecular weight excluding hydrogens is 536 g/mol. The summed E-state index contributed by atoms with van der Waals surface area (Å²) in [7, 11) is 0. The number of nitrogens with zero attached hydrogens (tertiary/aromatic N) is 1. The molecule has 1 heterocycles. The number of aliphatic carboxylic acids is 1. The fourth-order valence-electron chi connectivity index (χ4n) is 5.78. The maximum atomic E-state index is 13.7. The van der Waals surface area contributed by atoms with Gasteiger partial charge in [0.05, 0.1) is 6.42 Å². The third-order valence-corrected chi connectivity index (χ3v) is 7.87. The Morgan fingerprint density at radius 3 is 2.14 bits per heavy atom. The monoisotopic (exact) mass is 570 g/mol. The van der Waals surface area contributed by atoms with Crippen LogP contribution in [0, 0.1) is 0 Å². The number of ether oxygens (including phenoxy) is 2. The van der Waals surface area contributed by atoms with Gasteiger partial charge in [0.1, 0.15) is 25.3 Å². The molecule has 2 aliphatic rings. The van der Waals surface area contributed by atoms with Crippen LogP contribution >= 0.6 is 0 Å². The number of likely N-dealkylation sites (tertiary alicyclic amines) is 1. The third-order valence-electron chi connectivity index (χ3n) is 7.87. The van der Waals surface area contributed by atoms with Crippen molar-refractivity contribution in [2.24, 2.45) is 0 Å². The van der Waals surface area contributed by atoms with E-state index in [9.17, 15) is 24.3 Å². The number of carbonyl (C=O) groups is 4. The molecule has 1 aliphatic carbocycles. The molecule has 2 N–H and O–H groups in total. The number of hydrogen-bond donors (Lipinski definition) is 2. The van der Waals surface area contributed by atoms with Crippen LogP contribution in [0.1, 0.15) is 54.7 Å². The molecule has 0 bridgehead atoms. The van der Waals surface area contributed by atoms with Crippen molar-refractivity contribution in [1.29, 1.82) is 0 Å². The molecule has 0 saturated carbocycles. The van der Waals surface area contributed by atoms with Gasteiger partial charge in [0.15, 0.2) is 0 Å². The van der Waals surface area contributed by atoms with E-state index < -0.39 is 42.4 Å². The highest BCUT2D eigenvalue weighted by Crippen LogP contribution is 2.44. The van der Waals surface area contributed by atoms with Gasteiger partial charge in [0.25, 0.3) is 0 Å². The van der Waals surface area contributed by atoms with Gasteiger partial charge in [-0.05, 0) is 40.7 Å². The van der Waals surface area contributed by atoms with Crippen molar-refractivity contribution in [2.45, 2.75) is 56.7 Å². The Morgan fingerprint density at radius 1 is 0.833 bits per heavy atom. The molecule has 0 aromatic heterocycles. The second kappa shape index (κ2) is 13.3. The average Bonchev–Trinajstić information content (AvgIpc) is 3.13. The van der Waals surface area contributed by atoms with Gasteiger partial charge >= 0.3 is 18.0 Å². The SMILES string of the molecule is O=C(C[C@H](NC(=O)OCC1c2ccccc2-c2ccccc21)C(=O)N1CCCCCC1C(=O)O)OCc1ccccc1. The van der Waals surface area contributed by atoms with Crippen LogP contribution < -0.4 is 5.32 Å². The minimum absolute atomic E-state index is 0.00694. The zero-order valence-corrected chi connectivity index (χ0v) is 23.2. The smallest absolute Gasteiger partial charge is 0.407 e. The van der Waals surface area contributed by atoms with Crippen molar-refractivity contribution < 1.29 is 33.8 Å². The van der Waals surface area contributed by atoms with E-state index in [0.29, 0.717) is 19.3 Å². The molecule has 1 unspecified atom stereocenters. The largest absolute Gasteiger partial charge is 0.480 e. The predicted molar refractivity (Wildman–Crippen MR) is 154 cm³/mol. The van der Waals surface area contributed by atoms with Crippen molar-refractivity contribution in [3.8, 4) is 11.1 Å². The Kier molecular flexibility index (Phi) is 9.16. The molecule has 9 nitrogen and oxygen atoms in total. The van der Waals surface area contributed by atoms with Gasteiger partial charge in [0.2, 0.25) is 5.91 Å². The van der Waals surface area contributed by atoms with Crippen molar-refractivity contribution in [1.82, 2.24) is 10.2 Å². The minimum Gasteiger partial charge on any atom is -0.480 e. The number of rotatable bonds is 9. The van der Waals surface area contributed by atoms with E-state index in [1.807, 2.05) is 66.7 Å². The van der Waals surface area contributed by atoms with E-state index in [4.69, 9.17) is 9.47 Å². The fraction of sp³-hybridized carbons (Fsp3) is 0.333. The summed E-state index contributed by atoms with van der Waals surface area (Å²) in [5.41, 5.74) is 5.01. The first kappa shape index (κ1) is 28.9. The Morgan fingerprint density at radius 2 is 1.48 bits per heavy atom. The molecule has 2 atom stereocenters. The topological polar surface area (TPSA) is 122 Å². The summed E-state index contributed by atoms with van der Waals surface area (Å²) >= 11 is 0. The fourth-order valence-corrected chi connectivity index (χ4v) is 5.78. The summed E-state index contributed by atoms with van der Waals surface area (Å²) in [4.78, 5) is 52.9. The molecule has 1 aliphatic heterocycles. The number of amides is 2. The number of carbonyl (C=O) groups excluding carboxylic acids is 3. The molecule has 5 rings (SSSR count). The Hall–Kier alpha value is -4.66. The lowest BCUT2D eigenvalue weighted by Crippen LogP contribution is -2.54. The van der Waals surface area contributed by atoms with Crippen LogP contribution in [0.4, 0.5) is 4.79 Å². The molecule has 42 heavy (non-hydrogen) atoms. The first-order valence-corrected chi connectivity index (χ1v) is 14.3. The van der Waals surface area contributed by atoms with Gasteiger partial charge in [-0.25, -0.2) is 9.59 Å². The molecule has 0 spiro atoms. The quantitative estimate of drug-likeness (QED) is 0.352. The van der Waals surface area contributed by atoms with Gasteiger partial charge in [-0.2, -0.15) is 0 Å². The summed E-state index contributed by atoms with van der Waals surface area (Å²) in [5.74, 6) is -2.64. The summed E-state index contributed by atoms with van der Waals surface area (Å²) in [6, 6.07) is 22.6. The van der Waals surface area contributed by atoms with E-state index in [-0.39, 0.29) is 25.7 Å². The zero-order valence-electron chi connectivity index (χ0n) is 23.2. The van der Waals surface area contributed by atoms with E-state index in [1.54, 1.807) is 12.1 Å². The van der Waals surface area contributed by atoms with Gasteiger partial charge in [0, 0.05) is 12.5 Å². The molecule has 1 saturated heterocycles. The molecule has 3 aromatic rings. The Balaban J connectivity index is 1.29. The van der Waals surface area contributed by atoms with Crippen LogP contribution in [-0.4, -0.2) is 59.2 Å². The average molecular weight is 571 g/mol. The molecule has 9 heteroatoms. The zero-order chi connectivity index (χ0) is 29.5. The van der Waals surface area contributed by atoms with Gasteiger partial charge in [-0.1, -0.05) is 91.7 Å². The number of alkyl carbamates (subject to hydrolysis) is 1. The van der Waals surface area contributed by atoms with Crippen LogP contribution in [0.2, 0.25) is 0 Å². The van der Waals surface area contributed by atoms with Gasteiger partial charge in [-0.15, -0.1) is 0 Å². The minimum atomic E-state index is -1.34. The van der Waals surface area contributed by atoms with E-state index in [0.717, 1.165) is 34.2 Å². The first-order chi connectivity index (χ1) is 20.4. The van der Waals surface area contributed by atoms with Gasteiger partial charge in [-0.3, -0.25) is 9.59 Å². The van der Waals surface area contributed by atoms with Gasteiger partial charge < -0.3 is 24.8 Å². The summed E-state index contributed by atoms with van der Waals surface area (Å²) in [6.45, 7) is 0.255. The second-order valence-electron chi connectivity index (χ2n) is 10.6. The van der Waals surface area contributed by atoms with Crippen LogP contribution in [0.5, 0.6) is 0 Å². The number of hydrogen-bond acceptors (Lipinski definition) is 6. The first-order valence-electron chi connectivity index (χ1n) is 14.3. The molecule has 1 fully saturated rings. The van der Waals surface area contributed by atoms with Crippen LogP contribution in [0.25, 0.3) is 11.1 Å². The highest BCUT2D eigenvalue weighted by Gasteiger charge is 2.37. The molecular formula is C33H34N2O7. The maximum absolute atomic E-state index is 13.7. The molecule has 0 radical (unpaired) electrons. The van der Waals surface area contributed by atoms with Crippen molar-refractivity contribution in [2.75, 3.05) is 13.2 Å². The van der Waals surface area contributed by atoms with Crippen LogP contribution in [0.3, 0.4) is 0 Å². The molecule has 3 aromatic carbocycles. The van der Waals surface area contributed by atoms with E-state index in [2.05, 4.69) is 5.32 Å². The standard InChI is InChI=1S/C33H34N2O7/c36-30(41-20-22-11-3-1-4-12-22)19-28(31(37)35-18-10-2-5-17-29(35)32(38)39)34-33(40)42-21-27-25-15-8-6-13-23(25)24-14-7-9-16-26(24)27/h1,3-4,6-9,11-16,27-29H,2,5,10,17-21H2,(H,34,40)(H,38,39)/t28-,29?/m0/s1. The van der Waals surface area contributed by atoms with Crippen molar-refractivity contribution >= 4 is 23.9 Å². The van der Waals surface area contributed by atoms with E-state index in [1.165, 1.54) is 4.90 Å². The van der Waals surface area contributed by atoms with Crippen molar-refractivity contribution in [3.05, 3.63) is 95.6 Å². The third kappa shape index (κ3) is 6.62. The Labute approximate surface area is 244 Å². The maximum Gasteiger partial charge on any atom is 0.407 e. The lowest BCUT2D eigenvalue weighted by Gasteiger charge is -2.30. The molecule has 2 amide bonds. The number of nitrogens with one attached hydrogen (secondary N) is 1. The normalized spacial score (nSPS) is 16.9. The lowest BCUT2D eigenvalue weighted by molar-refractivity contribution is -0.153. The second-order valence-corrected chi connectivity index (χ2v) is 10.6. The summed E-state index contributed by atoms with van der Waals surface area (Å²) < 4.78 is 11.0. The number of esters is 1. The number of carboxylic acids is 1. The van der Waals surface area contributed by atoms with Crippen LogP contribution in [0.15, 0.2) is 78.9 Å². The van der Waals surface area contributed by atoms with Crippen LogP contribution in [-0.2, 0) is 30.5 Å². The highest BCUT2D eigenvalue weighted by atomic mass is 16.5. The Bertz CT molecular complexity index is 1400.